The van der Waals surface area contributed by atoms with Gasteiger partial charge >= 0.3 is 0 Å². The number of hydrogen-bond donors (Lipinski definition) is 1. The summed E-state index contributed by atoms with van der Waals surface area (Å²) in [6, 6.07) is 4.11. The van der Waals surface area contributed by atoms with Crippen LogP contribution in [0, 0.1) is 0 Å². The van der Waals surface area contributed by atoms with Gasteiger partial charge in [0.15, 0.2) is 0 Å². The van der Waals surface area contributed by atoms with Gasteiger partial charge in [0.1, 0.15) is 0 Å². The maximum atomic E-state index is 5.51. The first-order chi connectivity index (χ1) is 8.22. The highest BCUT2D eigenvalue weighted by Gasteiger charge is 1.96. The Morgan fingerprint density at radius 1 is 1.47 bits per heavy atom. The molecule has 0 unspecified atom stereocenters. The minimum atomic E-state index is 0.578. The van der Waals surface area contributed by atoms with Gasteiger partial charge in [-0.15, -0.1) is 6.58 Å². The highest BCUT2D eigenvalue weighted by molar-refractivity contribution is 5.13. The lowest BCUT2D eigenvalue weighted by Gasteiger charge is -2.05. The second-order valence-corrected chi connectivity index (χ2v) is 4.20. The minimum absolute atomic E-state index is 0.578. The zero-order chi connectivity index (χ0) is 12.5. The number of nitrogens with one attached hydrogen (secondary N) is 1. The van der Waals surface area contributed by atoms with Gasteiger partial charge in [-0.05, 0) is 31.5 Å². The molecular formula is C14H22N2O. The molecular weight excluding hydrogens is 212 g/mol. The monoisotopic (exact) mass is 234 g/mol. The molecule has 0 aliphatic heterocycles. The van der Waals surface area contributed by atoms with Crippen molar-refractivity contribution in [2.75, 3.05) is 13.2 Å². The second kappa shape index (κ2) is 7.98. The van der Waals surface area contributed by atoms with Gasteiger partial charge in [-0.25, -0.2) is 0 Å². The van der Waals surface area contributed by atoms with Crippen LogP contribution in [-0.4, -0.2) is 18.1 Å². The number of rotatable bonds is 8. The van der Waals surface area contributed by atoms with Gasteiger partial charge in [0.05, 0.1) is 18.9 Å². The standard InChI is InChI=1S/C14H22N2O/c1-4-15-9-13-5-6-14(16-10-13)11-17-8-7-12(2)3/h5-6,10,15H,2,4,7-9,11H2,1,3H3. The Balaban J connectivity index is 2.27. The summed E-state index contributed by atoms with van der Waals surface area (Å²) in [6.07, 6.45) is 2.82. The van der Waals surface area contributed by atoms with E-state index >= 15 is 0 Å². The van der Waals surface area contributed by atoms with Gasteiger partial charge in [0.2, 0.25) is 0 Å². The zero-order valence-corrected chi connectivity index (χ0v) is 10.8. The Hall–Kier alpha value is -1.19. The first kappa shape index (κ1) is 13.9. The predicted octanol–water partition coefficient (Wildman–Crippen LogP) is 2.67. The average Bonchev–Trinajstić information content (AvgIpc) is 2.33. The van der Waals surface area contributed by atoms with Crippen LogP contribution in [-0.2, 0) is 17.9 Å². The van der Waals surface area contributed by atoms with Crippen molar-refractivity contribution in [2.24, 2.45) is 0 Å². The number of nitrogens with zero attached hydrogens (tertiary/aromatic N) is 1. The summed E-state index contributed by atoms with van der Waals surface area (Å²) in [7, 11) is 0. The van der Waals surface area contributed by atoms with Crippen molar-refractivity contribution in [3.8, 4) is 0 Å². The summed E-state index contributed by atoms with van der Waals surface area (Å²) >= 11 is 0. The van der Waals surface area contributed by atoms with E-state index in [1.54, 1.807) is 0 Å². The van der Waals surface area contributed by atoms with Crippen LogP contribution in [0.2, 0.25) is 0 Å². The van der Waals surface area contributed by atoms with Crippen LogP contribution in [0.15, 0.2) is 30.5 Å². The Labute approximate surface area is 104 Å². The smallest absolute Gasteiger partial charge is 0.0887 e. The molecule has 1 aromatic heterocycles. The van der Waals surface area contributed by atoms with E-state index in [2.05, 4.69) is 29.9 Å². The van der Waals surface area contributed by atoms with Crippen molar-refractivity contribution in [1.29, 1.82) is 0 Å². The fourth-order valence-corrected chi connectivity index (χ4v) is 1.34. The van der Waals surface area contributed by atoms with Crippen molar-refractivity contribution in [3.05, 3.63) is 41.7 Å². The normalized spacial score (nSPS) is 10.5. The number of pyridine rings is 1. The van der Waals surface area contributed by atoms with E-state index in [1.165, 1.54) is 5.56 Å². The number of ether oxygens (including phenoxy) is 1. The maximum Gasteiger partial charge on any atom is 0.0887 e. The Kier molecular flexibility index (Phi) is 6.51. The van der Waals surface area contributed by atoms with Crippen molar-refractivity contribution in [3.63, 3.8) is 0 Å². The van der Waals surface area contributed by atoms with Crippen molar-refractivity contribution >= 4 is 0 Å². The van der Waals surface area contributed by atoms with E-state index in [0.29, 0.717) is 6.61 Å². The van der Waals surface area contributed by atoms with Crippen molar-refractivity contribution in [2.45, 2.75) is 33.4 Å². The molecule has 17 heavy (non-hydrogen) atoms. The van der Waals surface area contributed by atoms with Crippen LogP contribution in [0.3, 0.4) is 0 Å². The molecule has 0 spiro atoms. The predicted molar refractivity (Wildman–Crippen MR) is 70.7 cm³/mol. The van der Waals surface area contributed by atoms with Crippen molar-refractivity contribution in [1.82, 2.24) is 10.3 Å². The summed E-state index contributed by atoms with van der Waals surface area (Å²) in [5, 5.41) is 3.27. The minimum Gasteiger partial charge on any atom is -0.375 e. The lowest BCUT2D eigenvalue weighted by molar-refractivity contribution is 0.121. The first-order valence-electron chi connectivity index (χ1n) is 6.09. The van der Waals surface area contributed by atoms with Crippen LogP contribution < -0.4 is 5.32 Å². The van der Waals surface area contributed by atoms with Crippen LogP contribution >= 0.6 is 0 Å². The largest absolute Gasteiger partial charge is 0.375 e. The summed E-state index contributed by atoms with van der Waals surface area (Å²) < 4.78 is 5.51. The Bertz CT molecular complexity index is 333. The van der Waals surface area contributed by atoms with Gasteiger partial charge in [-0.1, -0.05) is 18.6 Å². The van der Waals surface area contributed by atoms with E-state index in [-0.39, 0.29) is 0 Å². The van der Waals surface area contributed by atoms with E-state index in [9.17, 15) is 0 Å². The highest BCUT2D eigenvalue weighted by Crippen LogP contribution is 2.03. The maximum absolute atomic E-state index is 5.51. The SMILES string of the molecule is C=C(C)CCOCc1ccc(CNCC)cn1. The molecule has 0 aromatic carbocycles. The molecule has 0 bridgehead atoms. The molecule has 1 rings (SSSR count). The molecule has 3 heteroatoms. The number of aromatic nitrogens is 1. The molecule has 1 heterocycles. The summed E-state index contributed by atoms with van der Waals surface area (Å²) in [4.78, 5) is 4.36. The van der Waals surface area contributed by atoms with Gasteiger partial charge in [0.25, 0.3) is 0 Å². The van der Waals surface area contributed by atoms with Gasteiger partial charge in [-0.2, -0.15) is 0 Å². The molecule has 0 fully saturated rings. The van der Waals surface area contributed by atoms with Crippen LogP contribution in [0.1, 0.15) is 31.5 Å². The molecule has 94 valence electrons. The highest BCUT2D eigenvalue weighted by atomic mass is 16.5. The van der Waals surface area contributed by atoms with E-state index in [1.807, 2.05) is 19.2 Å². The number of hydrogen-bond acceptors (Lipinski definition) is 3. The van der Waals surface area contributed by atoms with E-state index in [4.69, 9.17) is 4.74 Å². The quantitative estimate of drug-likeness (QED) is 0.554. The van der Waals surface area contributed by atoms with Gasteiger partial charge in [-0.3, -0.25) is 4.98 Å². The van der Waals surface area contributed by atoms with Crippen LogP contribution in [0.4, 0.5) is 0 Å². The van der Waals surface area contributed by atoms with Gasteiger partial charge in [0, 0.05) is 12.7 Å². The summed E-state index contributed by atoms with van der Waals surface area (Å²) in [5.41, 5.74) is 3.34. The fourth-order valence-electron chi connectivity index (χ4n) is 1.34. The third kappa shape index (κ3) is 6.19. The summed E-state index contributed by atoms with van der Waals surface area (Å²) in [5.74, 6) is 0. The van der Waals surface area contributed by atoms with Crippen molar-refractivity contribution < 1.29 is 4.74 Å². The molecule has 0 amide bonds. The topological polar surface area (TPSA) is 34.1 Å². The molecule has 3 nitrogen and oxygen atoms in total. The zero-order valence-electron chi connectivity index (χ0n) is 10.8. The second-order valence-electron chi connectivity index (χ2n) is 4.20. The molecule has 0 aliphatic carbocycles. The molecule has 0 atom stereocenters. The molecule has 0 saturated carbocycles. The molecule has 1 aromatic rings. The molecule has 0 aliphatic rings. The third-order valence-electron chi connectivity index (χ3n) is 2.39. The molecule has 0 radical (unpaired) electrons. The third-order valence-corrected chi connectivity index (χ3v) is 2.39. The molecule has 0 saturated heterocycles. The van der Waals surface area contributed by atoms with E-state index in [0.717, 1.165) is 37.4 Å². The lowest BCUT2D eigenvalue weighted by atomic mass is 10.2. The lowest BCUT2D eigenvalue weighted by Crippen LogP contribution is -2.12. The van der Waals surface area contributed by atoms with Crippen LogP contribution in [0.5, 0.6) is 0 Å². The first-order valence-corrected chi connectivity index (χ1v) is 6.09. The fraction of sp³-hybridized carbons (Fsp3) is 0.500. The van der Waals surface area contributed by atoms with Gasteiger partial charge < -0.3 is 10.1 Å². The Morgan fingerprint density at radius 2 is 2.29 bits per heavy atom. The van der Waals surface area contributed by atoms with Crippen LogP contribution in [0.25, 0.3) is 0 Å². The molecule has 1 N–H and O–H groups in total. The summed E-state index contributed by atoms with van der Waals surface area (Å²) in [6.45, 7) is 11.1. The Morgan fingerprint density at radius 3 is 2.88 bits per heavy atom. The van der Waals surface area contributed by atoms with E-state index < -0.39 is 0 Å². The average molecular weight is 234 g/mol.